The zero-order chi connectivity index (χ0) is 10.9. The molecule has 1 amide bonds. The zero-order valence-electron chi connectivity index (χ0n) is 8.59. The molecular formula is C11H13ClN2O. The highest BCUT2D eigenvalue weighted by molar-refractivity contribution is 6.29. The van der Waals surface area contributed by atoms with E-state index in [0.717, 1.165) is 12.8 Å². The Morgan fingerprint density at radius 2 is 2.27 bits per heavy atom. The summed E-state index contributed by atoms with van der Waals surface area (Å²) in [5, 5.41) is 3.41. The second kappa shape index (κ2) is 3.81. The fourth-order valence-electron chi connectivity index (χ4n) is 1.69. The highest BCUT2D eigenvalue weighted by Gasteiger charge is 2.33. The quantitative estimate of drug-likeness (QED) is 0.784. The number of amides is 1. The van der Waals surface area contributed by atoms with Crippen LogP contribution >= 0.6 is 11.6 Å². The van der Waals surface area contributed by atoms with E-state index in [1.54, 1.807) is 12.1 Å². The molecule has 4 heteroatoms. The lowest BCUT2D eigenvalue weighted by Crippen LogP contribution is -2.50. The molecule has 1 fully saturated rings. The van der Waals surface area contributed by atoms with E-state index in [9.17, 15) is 4.79 Å². The van der Waals surface area contributed by atoms with Crippen LogP contribution in [0.25, 0.3) is 0 Å². The van der Waals surface area contributed by atoms with E-state index in [2.05, 4.69) is 17.2 Å². The van der Waals surface area contributed by atoms with Crippen molar-refractivity contribution in [1.82, 2.24) is 10.3 Å². The lowest BCUT2D eigenvalue weighted by molar-refractivity contribution is 0.0850. The van der Waals surface area contributed by atoms with Crippen molar-refractivity contribution < 1.29 is 4.79 Å². The maximum atomic E-state index is 11.8. The normalized spacial score (nSPS) is 18.0. The number of rotatable bonds is 2. The number of carbonyl (C=O) groups is 1. The van der Waals surface area contributed by atoms with Crippen LogP contribution in [-0.4, -0.2) is 16.4 Å². The summed E-state index contributed by atoms with van der Waals surface area (Å²) in [4.78, 5) is 15.6. The Balaban J connectivity index is 2.04. The van der Waals surface area contributed by atoms with Crippen molar-refractivity contribution in [2.24, 2.45) is 0 Å². The molecule has 1 aromatic rings. The number of hydrogen-bond acceptors (Lipinski definition) is 2. The first kappa shape index (κ1) is 10.4. The van der Waals surface area contributed by atoms with Crippen molar-refractivity contribution in [2.45, 2.75) is 31.7 Å². The van der Waals surface area contributed by atoms with Crippen molar-refractivity contribution in [1.29, 1.82) is 0 Å². The zero-order valence-corrected chi connectivity index (χ0v) is 9.34. The van der Waals surface area contributed by atoms with Gasteiger partial charge in [0.1, 0.15) is 5.15 Å². The van der Waals surface area contributed by atoms with Crippen LogP contribution in [0.4, 0.5) is 0 Å². The molecule has 0 radical (unpaired) electrons. The Morgan fingerprint density at radius 1 is 1.53 bits per heavy atom. The summed E-state index contributed by atoms with van der Waals surface area (Å²) >= 11 is 5.65. The van der Waals surface area contributed by atoms with Gasteiger partial charge in [0.15, 0.2) is 0 Å². The lowest BCUT2D eigenvalue weighted by Gasteiger charge is -2.39. The van der Waals surface area contributed by atoms with Gasteiger partial charge in [0.05, 0.1) is 5.56 Å². The molecule has 1 aromatic heterocycles. The molecule has 15 heavy (non-hydrogen) atoms. The monoisotopic (exact) mass is 224 g/mol. The smallest absolute Gasteiger partial charge is 0.253 e. The Kier molecular flexibility index (Phi) is 2.65. The van der Waals surface area contributed by atoms with Crippen LogP contribution in [0.5, 0.6) is 0 Å². The van der Waals surface area contributed by atoms with Gasteiger partial charge in [0, 0.05) is 11.7 Å². The number of hydrogen-bond donors (Lipinski definition) is 1. The van der Waals surface area contributed by atoms with Gasteiger partial charge in [-0.2, -0.15) is 0 Å². The first-order valence-electron chi connectivity index (χ1n) is 5.03. The molecule has 1 aliphatic rings. The molecule has 0 saturated heterocycles. The van der Waals surface area contributed by atoms with Crippen LogP contribution in [0.2, 0.25) is 5.15 Å². The molecule has 80 valence electrons. The largest absolute Gasteiger partial charge is 0.347 e. The minimum Gasteiger partial charge on any atom is -0.347 e. The van der Waals surface area contributed by atoms with Gasteiger partial charge in [-0.05, 0) is 38.3 Å². The predicted molar refractivity (Wildman–Crippen MR) is 59.0 cm³/mol. The van der Waals surface area contributed by atoms with Crippen molar-refractivity contribution in [2.75, 3.05) is 0 Å². The Labute approximate surface area is 93.8 Å². The molecule has 1 N–H and O–H groups in total. The van der Waals surface area contributed by atoms with Gasteiger partial charge in [-0.3, -0.25) is 4.79 Å². The fraction of sp³-hybridized carbons (Fsp3) is 0.455. The van der Waals surface area contributed by atoms with Gasteiger partial charge in [0.25, 0.3) is 5.91 Å². The molecule has 1 heterocycles. The third-order valence-electron chi connectivity index (χ3n) is 2.86. The maximum Gasteiger partial charge on any atom is 0.253 e. The van der Waals surface area contributed by atoms with Gasteiger partial charge in [0.2, 0.25) is 0 Å². The average molecular weight is 225 g/mol. The van der Waals surface area contributed by atoms with E-state index in [1.807, 2.05) is 0 Å². The number of carbonyl (C=O) groups excluding carboxylic acids is 1. The summed E-state index contributed by atoms with van der Waals surface area (Å²) in [5.74, 6) is -0.0682. The number of nitrogens with zero attached hydrogens (tertiary/aromatic N) is 1. The van der Waals surface area contributed by atoms with Crippen molar-refractivity contribution in [3.63, 3.8) is 0 Å². The average Bonchev–Trinajstić information content (AvgIpc) is 2.16. The summed E-state index contributed by atoms with van der Waals surface area (Å²) in [5.41, 5.74) is 0.545. The molecule has 3 nitrogen and oxygen atoms in total. The van der Waals surface area contributed by atoms with Gasteiger partial charge in [-0.15, -0.1) is 0 Å². The third kappa shape index (κ3) is 2.29. The summed E-state index contributed by atoms with van der Waals surface area (Å²) < 4.78 is 0. The number of nitrogens with one attached hydrogen (secondary N) is 1. The van der Waals surface area contributed by atoms with Gasteiger partial charge in [-0.1, -0.05) is 11.6 Å². The van der Waals surface area contributed by atoms with E-state index in [-0.39, 0.29) is 11.4 Å². The van der Waals surface area contributed by atoms with E-state index >= 15 is 0 Å². The molecule has 2 rings (SSSR count). The molecule has 0 spiro atoms. The Morgan fingerprint density at radius 3 is 2.73 bits per heavy atom. The highest BCUT2D eigenvalue weighted by atomic mass is 35.5. The van der Waals surface area contributed by atoms with Crippen LogP contribution in [0.1, 0.15) is 36.5 Å². The number of pyridine rings is 1. The molecular weight excluding hydrogens is 212 g/mol. The molecule has 1 aliphatic carbocycles. The second-order valence-electron chi connectivity index (χ2n) is 4.24. The standard InChI is InChI=1S/C11H13ClN2O/c1-11(5-2-6-11)14-10(15)8-3-4-9(12)13-7-8/h3-4,7H,2,5-6H2,1H3,(H,14,15). The molecule has 0 aromatic carbocycles. The first-order chi connectivity index (χ1) is 7.09. The Bertz CT molecular complexity index is 371. The highest BCUT2D eigenvalue weighted by Crippen LogP contribution is 2.31. The fourth-order valence-corrected chi connectivity index (χ4v) is 1.80. The molecule has 0 bridgehead atoms. The molecule has 0 atom stereocenters. The van der Waals surface area contributed by atoms with Crippen LogP contribution < -0.4 is 5.32 Å². The van der Waals surface area contributed by atoms with E-state index < -0.39 is 0 Å². The summed E-state index contributed by atoms with van der Waals surface area (Å²) in [6.45, 7) is 2.07. The van der Waals surface area contributed by atoms with E-state index in [1.165, 1.54) is 12.6 Å². The lowest BCUT2D eigenvalue weighted by atomic mass is 9.78. The summed E-state index contributed by atoms with van der Waals surface area (Å²) in [6.07, 6.45) is 4.80. The number of aromatic nitrogens is 1. The minimum atomic E-state index is -0.0682. The summed E-state index contributed by atoms with van der Waals surface area (Å²) in [6, 6.07) is 3.31. The summed E-state index contributed by atoms with van der Waals surface area (Å²) in [7, 11) is 0. The SMILES string of the molecule is CC1(NC(=O)c2ccc(Cl)nc2)CCC1. The van der Waals surface area contributed by atoms with Gasteiger partial charge < -0.3 is 5.32 Å². The molecule has 0 unspecified atom stereocenters. The molecule has 1 saturated carbocycles. The van der Waals surface area contributed by atoms with E-state index in [4.69, 9.17) is 11.6 Å². The maximum absolute atomic E-state index is 11.8. The van der Waals surface area contributed by atoms with Gasteiger partial charge in [-0.25, -0.2) is 4.98 Å². The topological polar surface area (TPSA) is 42.0 Å². The first-order valence-corrected chi connectivity index (χ1v) is 5.41. The minimum absolute atomic E-state index is 0.0171. The van der Waals surface area contributed by atoms with Crippen molar-refractivity contribution >= 4 is 17.5 Å². The second-order valence-corrected chi connectivity index (χ2v) is 4.63. The molecule has 0 aliphatic heterocycles. The van der Waals surface area contributed by atoms with Crippen molar-refractivity contribution in [3.8, 4) is 0 Å². The van der Waals surface area contributed by atoms with Crippen LogP contribution in [0.3, 0.4) is 0 Å². The van der Waals surface area contributed by atoms with Gasteiger partial charge >= 0.3 is 0 Å². The van der Waals surface area contributed by atoms with E-state index in [0.29, 0.717) is 10.7 Å². The third-order valence-corrected chi connectivity index (χ3v) is 3.09. The van der Waals surface area contributed by atoms with Crippen molar-refractivity contribution in [3.05, 3.63) is 29.0 Å². The van der Waals surface area contributed by atoms with Crippen LogP contribution in [0, 0.1) is 0 Å². The Hall–Kier alpha value is -1.09. The number of halogens is 1. The van der Waals surface area contributed by atoms with Crippen LogP contribution in [-0.2, 0) is 0 Å². The predicted octanol–water partition coefficient (Wildman–Crippen LogP) is 2.41. The van der Waals surface area contributed by atoms with Crippen LogP contribution in [0.15, 0.2) is 18.3 Å².